The maximum absolute atomic E-state index is 10.4. The van der Waals surface area contributed by atoms with Crippen molar-refractivity contribution in [2.45, 2.75) is 52.4 Å². The zero-order valence-corrected chi connectivity index (χ0v) is 12.6. The van der Waals surface area contributed by atoms with Gasteiger partial charge in [0.2, 0.25) is 0 Å². The standard InChI is InChI=1S/C15H22N4O2/c1-3-11-12(10-16)15(19-18-13(11)4-2)17-9-7-5-6-8-14(20)21/h3-9H2,1-2H3,(H,17,19)(H,20,21). The van der Waals surface area contributed by atoms with E-state index in [0.717, 1.165) is 36.9 Å². The lowest BCUT2D eigenvalue weighted by atomic mass is 10.0. The summed E-state index contributed by atoms with van der Waals surface area (Å²) in [5, 5.41) is 29.3. The molecule has 0 aliphatic heterocycles. The molecule has 0 fully saturated rings. The number of carbonyl (C=O) groups is 1. The molecule has 1 aromatic rings. The number of aliphatic carboxylic acids is 1. The molecular formula is C15H22N4O2. The molecular weight excluding hydrogens is 268 g/mol. The first-order chi connectivity index (χ1) is 10.1. The minimum absolute atomic E-state index is 0.203. The van der Waals surface area contributed by atoms with Crippen molar-refractivity contribution in [2.75, 3.05) is 11.9 Å². The molecule has 21 heavy (non-hydrogen) atoms. The first-order valence-electron chi connectivity index (χ1n) is 7.38. The molecule has 0 aliphatic carbocycles. The molecule has 1 rings (SSSR count). The van der Waals surface area contributed by atoms with Crippen LogP contribution >= 0.6 is 0 Å². The van der Waals surface area contributed by atoms with Gasteiger partial charge in [0.1, 0.15) is 11.6 Å². The van der Waals surface area contributed by atoms with Crippen LogP contribution in [-0.4, -0.2) is 27.8 Å². The minimum atomic E-state index is -0.761. The normalized spacial score (nSPS) is 10.1. The summed E-state index contributed by atoms with van der Waals surface area (Å²) in [5.41, 5.74) is 2.42. The highest BCUT2D eigenvalue weighted by molar-refractivity contribution is 5.66. The van der Waals surface area contributed by atoms with Crippen LogP contribution in [0.25, 0.3) is 0 Å². The molecule has 1 heterocycles. The van der Waals surface area contributed by atoms with Crippen molar-refractivity contribution in [2.24, 2.45) is 0 Å². The van der Waals surface area contributed by atoms with Crippen molar-refractivity contribution < 1.29 is 9.90 Å². The van der Waals surface area contributed by atoms with Gasteiger partial charge in [-0.05, 0) is 31.2 Å². The predicted molar refractivity (Wildman–Crippen MR) is 80.1 cm³/mol. The molecule has 6 heteroatoms. The molecule has 0 radical (unpaired) electrons. The Morgan fingerprint density at radius 1 is 1.24 bits per heavy atom. The number of hydrogen-bond acceptors (Lipinski definition) is 5. The average Bonchev–Trinajstić information content (AvgIpc) is 2.49. The van der Waals surface area contributed by atoms with Crippen LogP contribution in [0.4, 0.5) is 5.82 Å². The number of carboxylic acid groups (broad SMARTS) is 1. The molecule has 0 spiro atoms. The van der Waals surface area contributed by atoms with Crippen LogP contribution in [0.15, 0.2) is 0 Å². The van der Waals surface area contributed by atoms with E-state index in [1.807, 2.05) is 13.8 Å². The maximum Gasteiger partial charge on any atom is 0.303 e. The summed E-state index contributed by atoms with van der Waals surface area (Å²) in [6.07, 6.45) is 4.07. The fourth-order valence-corrected chi connectivity index (χ4v) is 2.20. The van der Waals surface area contributed by atoms with Crippen molar-refractivity contribution in [1.82, 2.24) is 10.2 Å². The molecule has 0 atom stereocenters. The zero-order valence-electron chi connectivity index (χ0n) is 12.6. The largest absolute Gasteiger partial charge is 0.481 e. The molecule has 6 nitrogen and oxygen atoms in total. The van der Waals surface area contributed by atoms with Gasteiger partial charge in [-0.25, -0.2) is 0 Å². The molecule has 0 aliphatic rings. The summed E-state index contributed by atoms with van der Waals surface area (Å²) in [5.74, 6) is -0.229. The fraction of sp³-hybridized carbons (Fsp3) is 0.600. The average molecular weight is 290 g/mol. The van der Waals surface area contributed by atoms with Gasteiger partial charge in [0, 0.05) is 13.0 Å². The number of nitrogens with one attached hydrogen (secondary N) is 1. The number of nitriles is 1. The number of aromatic nitrogens is 2. The fourth-order valence-electron chi connectivity index (χ4n) is 2.20. The predicted octanol–water partition coefficient (Wildman–Crippen LogP) is 2.53. The maximum atomic E-state index is 10.4. The summed E-state index contributed by atoms with van der Waals surface area (Å²) in [6, 6.07) is 2.21. The number of carboxylic acids is 1. The first kappa shape index (κ1) is 16.9. The topological polar surface area (TPSA) is 98.9 Å². The molecule has 114 valence electrons. The number of anilines is 1. The van der Waals surface area contributed by atoms with Crippen LogP contribution in [0.5, 0.6) is 0 Å². The Kier molecular flexibility index (Phi) is 7.16. The van der Waals surface area contributed by atoms with E-state index < -0.39 is 5.97 Å². The van der Waals surface area contributed by atoms with Gasteiger partial charge in [0.05, 0.1) is 5.69 Å². The highest BCUT2D eigenvalue weighted by Gasteiger charge is 2.13. The summed E-state index contributed by atoms with van der Waals surface area (Å²) < 4.78 is 0. The molecule has 0 amide bonds. The molecule has 0 aromatic carbocycles. The Bertz CT molecular complexity index is 523. The van der Waals surface area contributed by atoms with Gasteiger partial charge < -0.3 is 10.4 Å². The summed E-state index contributed by atoms with van der Waals surface area (Å²) in [4.78, 5) is 10.4. The zero-order chi connectivity index (χ0) is 15.7. The number of nitrogens with zero attached hydrogens (tertiary/aromatic N) is 3. The Morgan fingerprint density at radius 3 is 2.57 bits per heavy atom. The second-order valence-corrected chi connectivity index (χ2v) is 4.80. The van der Waals surface area contributed by atoms with Crippen molar-refractivity contribution >= 4 is 11.8 Å². The highest BCUT2D eigenvalue weighted by atomic mass is 16.4. The lowest BCUT2D eigenvalue weighted by Crippen LogP contribution is -2.11. The van der Waals surface area contributed by atoms with Crippen LogP contribution in [0.1, 0.15) is 56.4 Å². The van der Waals surface area contributed by atoms with Gasteiger partial charge >= 0.3 is 5.97 Å². The SMILES string of the molecule is CCc1nnc(NCCCCCC(=O)O)c(C#N)c1CC. The monoisotopic (exact) mass is 290 g/mol. The van der Waals surface area contributed by atoms with E-state index in [4.69, 9.17) is 5.11 Å². The third kappa shape index (κ3) is 5.03. The lowest BCUT2D eigenvalue weighted by molar-refractivity contribution is -0.137. The number of unbranched alkanes of at least 4 members (excludes halogenated alkanes) is 2. The molecule has 0 bridgehead atoms. The lowest BCUT2D eigenvalue weighted by Gasteiger charge is -2.11. The number of rotatable bonds is 9. The van der Waals surface area contributed by atoms with E-state index in [1.165, 1.54) is 0 Å². The summed E-state index contributed by atoms with van der Waals surface area (Å²) in [6.45, 7) is 4.67. The van der Waals surface area contributed by atoms with Crippen LogP contribution in [0.2, 0.25) is 0 Å². The van der Waals surface area contributed by atoms with Crippen LogP contribution in [-0.2, 0) is 17.6 Å². The van der Waals surface area contributed by atoms with Gasteiger partial charge in [-0.1, -0.05) is 20.3 Å². The van der Waals surface area contributed by atoms with Crippen molar-refractivity contribution in [1.29, 1.82) is 5.26 Å². The minimum Gasteiger partial charge on any atom is -0.481 e. The second-order valence-electron chi connectivity index (χ2n) is 4.80. The molecule has 2 N–H and O–H groups in total. The quantitative estimate of drug-likeness (QED) is 0.678. The van der Waals surface area contributed by atoms with Crippen LogP contribution < -0.4 is 5.32 Å². The Labute approximate surface area is 125 Å². The van der Waals surface area contributed by atoms with Gasteiger partial charge in [-0.15, -0.1) is 5.10 Å². The van der Waals surface area contributed by atoms with Gasteiger partial charge in [0.15, 0.2) is 5.82 Å². The van der Waals surface area contributed by atoms with Crippen LogP contribution in [0, 0.1) is 11.3 Å². The third-order valence-corrected chi connectivity index (χ3v) is 3.32. The van der Waals surface area contributed by atoms with E-state index in [1.54, 1.807) is 0 Å². The van der Waals surface area contributed by atoms with Crippen LogP contribution in [0.3, 0.4) is 0 Å². The van der Waals surface area contributed by atoms with Crippen molar-refractivity contribution in [3.05, 3.63) is 16.8 Å². The van der Waals surface area contributed by atoms with E-state index in [-0.39, 0.29) is 6.42 Å². The van der Waals surface area contributed by atoms with Gasteiger partial charge in [0.25, 0.3) is 0 Å². The Morgan fingerprint density at radius 2 is 2.00 bits per heavy atom. The third-order valence-electron chi connectivity index (χ3n) is 3.32. The molecule has 0 saturated heterocycles. The van der Waals surface area contributed by atoms with E-state index in [2.05, 4.69) is 21.6 Å². The van der Waals surface area contributed by atoms with E-state index >= 15 is 0 Å². The van der Waals surface area contributed by atoms with Crippen molar-refractivity contribution in [3.63, 3.8) is 0 Å². The Balaban J connectivity index is 2.59. The van der Waals surface area contributed by atoms with Crippen molar-refractivity contribution in [3.8, 4) is 6.07 Å². The van der Waals surface area contributed by atoms with E-state index in [9.17, 15) is 10.1 Å². The highest BCUT2D eigenvalue weighted by Crippen LogP contribution is 2.19. The summed E-state index contributed by atoms with van der Waals surface area (Å²) in [7, 11) is 0. The second kappa shape index (κ2) is 8.90. The number of aryl methyl sites for hydroxylation is 1. The molecule has 1 aromatic heterocycles. The number of hydrogen-bond donors (Lipinski definition) is 2. The van der Waals surface area contributed by atoms with Gasteiger partial charge in [-0.2, -0.15) is 10.4 Å². The Hall–Kier alpha value is -2.16. The first-order valence-corrected chi connectivity index (χ1v) is 7.38. The van der Waals surface area contributed by atoms with Gasteiger partial charge in [-0.3, -0.25) is 4.79 Å². The smallest absolute Gasteiger partial charge is 0.303 e. The molecule has 0 saturated carbocycles. The molecule has 0 unspecified atom stereocenters. The van der Waals surface area contributed by atoms with E-state index in [0.29, 0.717) is 24.3 Å². The summed E-state index contributed by atoms with van der Waals surface area (Å²) >= 11 is 0.